The van der Waals surface area contributed by atoms with E-state index in [1.807, 2.05) is 41.3 Å². The molecule has 0 saturated carbocycles. The molecule has 0 saturated heterocycles. The standard InChI is InChI=1S/C17H18N2S/c1-4-19(16-13(2)9-8-10-14(16)3)17(20)18-15-11-6-5-7-12-15/h4-12H,1H2,2-3H3,(H,18,20). The molecule has 0 fully saturated rings. The van der Waals surface area contributed by atoms with Gasteiger partial charge in [-0.05, 0) is 49.3 Å². The Balaban J connectivity index is 2.29. The molecule has 0 aliphatic rings. The Morgan fingerprint density at radius 1 is 1.05 bits per heavy atom. The summed E-state index contributed by atoms with van der Waals surface area (Å²) in [5.41, 5.74) is 4.38. The van der Waals surface area contributed by atoms with Gasteiger partial charge in [-0.2, -0.15) is 0 Å². The molecule has 0 aromatic heterocycles. The maximum atomic E-state index is 5.50. The van der Waals surface area contributed by atoms with E-state index in [0.29, 0.717) is 5.11 Å². The first-order valence-corrected chi connectivity index (χ1v) is 6.88. The Morgan fingerprint density at radius 2 is 1.65 bits per heavy atom. The Morgan fingerprint density at radius 3 is 2.20 bits per heavy atom. The summed E-state index contributed by atoms with van der Waals surface area (Å²) in [6.45, 7) is 8.03. The van der Waals surface area contributed by atoms with Crippen molar-refractivity contribution >= 4 is 28.7 Å². The monoisotopic (exact) mass is 282 g/mol. The fourth-order valence-electron chi connectivity index (χ4n) is 2.17. The highest BCUT2D eigenvalue weighted by Gasteiger charge is 2.13. The van der Waals surface area contributed by atoms with E-state index in [2.05, 4.69) is 37.9 Å². The van der Waals surface area contributed by atoms with Gasteiger partial charge in [0.2, 0.25) is 0 Å². The average molecular weight is 282 g/mol. The molecule has 0 heterocycles. The van der Waals surface area contributed by atoms with Crippen LogP contribution in [-0.2, 0) is 0 Å². The van der Waals surface area contributed by atoms with E-state index in [4.69, 9.17) is 12.2 Å². The quantitative estimate of drug-likeness (QED) is 0.825. The first-order chi connectivity index (χ1) is 9.63. The third-order valence-electron chi connectivity index (χ3n) is 3.11. The van der Waals surface area contributed by atoms with Crippen LogP contribution < -0.4 is 10.2 Å². The zero-order valence-electron chi connectivity index (χ0n) is 11.8. The maximum absolute atomic E-state index is 5.50. The van der Waals surface area contributed by atoms with Gasteiger partial charge in [0.05, 0.1) is 5.69 Å². The second kappa shape index (κ2) is 6.35. The van der Waals surface area contributed by atoms with Crippen LogP contribution in [0.4, 0.5) is 11.4 Å². The van der Waals surface area contributed by atoms with Gasteiger partial charge in [0, 0.05) is 11.9 Å². The van der Waals surface area contributed by atoms with Gasteiger partial charge in [0.1, 0.15) is 0 Å². The lowest BCUT2D eigenvalue weighted by atomic mass is 10.1. The first kappa shape index (κ1) is 14.3. The van der Waals surface area contributed by atoms with Crippen LogP contribution in [-0.4, -0.2) is 5.11 Å². The van der Waals surface area contributed by atoms with Gasteiger partial charge in [-0.15, -0.1) is 0 Å². The van der Waals surface area contributed by atoms with E-state index < -0.39 is 0 Å². The fourth-order valence-corrected chi connectivity index (χ4v) is 2.45. The van der Waals surface area contributed by atoms with Crippen molar-refractivity contribution in [2.24, 2.45) is 0 Å². The molecule has 0 aliphatic heterocycles. The summed E-state index contributed by atoms with van der Waals surface area (Å²) in [6.07, 6.45) is 1.74. The van der Waals surface area contributed by atoms with E-state index in [1.165, 1.54) is 11.1 Å². The normalized spacial score (nSPS) is 9.90. The zero-order valence-corrected chi connectivity index (χ0v) is 12.6. The van der Waals surface area contributed by atoms with Crippen LogP contribution >= 0.6 is 12.2 Å². The number of nitrogens with zero attached hydrogens (tertiary/aromatic N) is 1. The molecule has 2 aromatic carbocycles. The predicted molar refractivity (Wildman–Crippen MR) is 91.3 cm³/mol. The Hall–Kier alpha value is -2.13. The smallest absolute Gasteiger partial charge is 0.182 e. The summed E-state index contributed by atoms with van der Waals surface area (Å²) in [4.78, 5) is 1.91. The van der Waals surface area contributed by atoms with Gasteiger partial charge < -0.3 is 5.32 Å². The minimum Gasteiger partial charge on any atom is -0.332 e. The van der Waals surface area contributed by atoms with Crippen LogP contribution in [0.3, 0.4) is 0 Å². The molecule has 0 amide bonds. The molecule has 0 unspecified atom stereocenters. The predicted octanol–water partition coefficient (Wildman–Crippen LogP) is 4.65. The van der Waals surface area contributed by atoms with Crippen molar-refractivity contribution in [3.63, 3.8) is 0 Å². The van der Waals surface area contributed by atoms with Crippen LogP contribution in [0.1, 0.15) is 11.1 Å². The van der Waals surface area contributed by atoms with Gasteiger partial charge in [0.25, 0.3) is 0 Å². The number of benzene rings is 2. The van der Waals surface area contributed by atoms with Gasteiger partial charge in [-0.3, -0.25) is 4.90 Å². The Kier molecular flexibility index (Phi) is 4.53. The minimum absolute atomic E-state index is 0.614. The molecule has 1 N–H and O–H groups in total. The SMILES string of the molecule is C=CN(C(=S)Nc1ccccc1)c1c(C)cccc1C. The van der Waals surface area contributed by atoms with Gasteiger partial charge in [0.15, 0.2) is 5.11 Å². The molecular weight excluding hydrogens is 264 g/mol. The van der Waals surface area contributed by atoms with Crippen molar-refractivity contribution in [1.82, 2.24) is 0 Å². The molecule has 0 radical (unpaired) electrons. The number of rotatable bonds is 3. The second-order valence-electron chi connectivity index (χ2n) is 4.59. The Labute approximate surface area is 125 Å². The molecule has 20 heavy (non-hydrogen) atoms. The summed E-state index contributed by atoms with van der Waals surface area (Å²) in [6, 6.07) is 16.1. The summed E-state index contributed by atoms with van der Waals surface area (Å²) in [5.74, 6) is 0. The summed E-state index contributed by atoms with van der Waals surface area (Å²) in [7, 11) is 0. The third kappa shape index (κ3) is 3.06. The van der Waals surface area contributed by atoms with Crippen LogP contribution in [0, 0.1) is 13.8 Å². The molecular formula is C17H18N2S. The Bertz CT molecular complexity index is 600. The van der Waals surface area contributed by atoms with Crippen LogP contribution in [0.5, 0.6) is 0 Å². The van der Waals surface area contributed by atoms with Crippen molar-refractivity contribution in [3.8, 4) is 0 Å². The molecule has 3 heteroatoms. The van der Waals surface area contributed by atoms with E-state index in [-0.39, 0.29) is 0 Å². The van der Waals surface area contributed by atoms with Crippen molar-refractivity contribution in [1.29, 1.82) is 0 Å². The van der Waals surface area contributed by atoms with Crippen LogP contribution in [0.2, 0.25) is 0 Å². The maximum Gasteiger partial charge on any atom is 0.182 e. The topological polar surface area (TPSA) is 15.3 Å². The number of hydrogen-bond acceptors (Lipinski definition) is 1. The first-order valence-electron chi connectivity index (χ1n) is 6.47. The highest BCUT2D eigenvalue weighted by molar-refractivity contribution is 7.80. The molecule has 0 spiro atoms. The van der Waals surface area contributed by atoms with Gasteiger partial charge >= 0.3 is 0 Å². The molecule has 2 aromatic rings. The third-order valence-corrected chi connectivity index (χ3v) is 3.41. The molecule has 2 nitrogen and oxygen atoms in total. The van der Waals surface area contributed by atoms with Gasteiger partial charge in [-0.25, -0.2) is 0 Å². The van der Waals surface area contributed by atoms with Crippen LogP contribution in [0.25, 0.3) is 0 Å². The van der Waals surface area contributed by atoms with Crippen molar-refractivity contribution in [2.45, 2.75) is 13.8 Å². The fraction of sp³-hybridized carbons (Fsp3) is 0.118. The molecule has 2 rings (SSSR count). The second-order valence-corrected chi connectivity index (χ2v) is 4.98. The number of para-hydroxylation sites is 2. The molecule has 0 aliphatic carbocycles. The number of nitrogens with one attached hydrogen (secondary N) is 1. The lowest BCUT2D eigenvalue weighted by Gasteiger charge is -2.25. The van der Waals surface area contributed by atoms with Crippen molar-refractivity contribution in [2.75, 3.05) is 10.2 Å². The number of aryl methyl sites for hydroxylation is 2. The van der Waals surface area contributed by atoms with Crippen molar-refractivity contribution < 1.29 is 0 Å². The largest absolute Gasteiger partial charge is 0.332 e. The number of hydrogen-bond donors (Lipinski definition) is 1. The van der Waals surface area contributed by atoms with E-state index in [0.717, 1.165) is 11.4 Å². The molecule has 102 valence electrons. The lowest BCUT2D eigenvalue weighted by Crippen LogP contribution is -2.30. The molecule has 0 atom stereocenters. The summed E-state index contributed by atoms with van der Waals surface area (Å²) < 4.78 is 0. The minimum atomic E-state index is 0.614. The number of anilines is 2. The molecule has 0 bridgehead atoms. The average Bonchev–Trinajstić information content (AvgIpc) is 2.44. The highest BCUT2D eigenvalue weighted by atomic mass is 32.1. The van der Waals surface area contributed by atoms with Gasteiger partial charge in [-0.1, -0.05) is 43.0 Å². The zero-order chi connectivity index (χ0) is 14.5. The van der Waals surface area contributed by atoms with Crippen molar-refractivity contribution in [3.05, 3.63) is 72.4 Å². The summed E-state index contributed by atoms with van der Waals surface area (Å²) >= 11 is 5.50. The van der Waals surface area contributed by atoms with E-state index in [9.17, 15) is 0 Å². The highest BCUT2D eigenvalue weighted by Crippen LogP contribution is 2.25. The van der Waals surface area contributed by atoms with Crippen LogP contribution in [0.15, 0.2) is 61.3 Å². The van der Waals surface area contributed by atoms with E-state index >= 15 is 0 Å². The summed E-state index contributed by atoms with van der Waals surface area (Å²) in [5, 5.41) is 3.85. The van der Waals surface area contributed by atoms with E-state index in [1.54, 1.807) is 6.20 Å². The lowest BCUT2D eigenvalue weighted by molar-refractivity contribution is 1.26. The number of thiocarbonyl (C=S) groups is 1.